The van der Waals surface area contributed by atoms with E-state index in [4.69, 9.17) is 9.47 Å². The molecule has 0 amide bonds. The Morgan fingerprint density at radius 2 is 2.00 bits per heavy atom. The number of methoxy groups -OCH3 is 2. The number of hydrogen-bond donors (Lipinski definition) is 2. The van der Waals surface area contributed by atoms with Crippen LogP contribution < -0.4 is 4.72 Å². The zero-order valence-corrected chi connectivity index (χ0v) is 10.6. The van der Waals surface area contributed by atoms with Crippen LogP contribution in [0.4, 0.5) is 0 Å². The van der Waals surface area contributed by atoms with E-state index in [9.17, 15) is 13.5 Å². The summed E-state index contributed by atoms with van der Waals surface area (Å²) < 4.78 is 34.6. The van der Waals surface area contributed by atoms with Crippen LogP contribution in [-0.4, -0.2) is 59.4 Å². The molecule has 0 aromatic heterocycles. The second kappa shape index (κ2) is 8.89. The first-order chi connectivity index (χ1) is 7.52. The summed E-state index contributed by atoms with van der Waals surface area (Å²) in [6.45, 7) is 0.860. The van der Waals surface area contributed by atoms with E-state index in [2.05, 4.69) is 4.72 Å². The average Bonchev–Trinajstić information content (AvgIpc) is 2.18. The first-order valence-corrected chi connectivity index (χ1v) is 6.80. The van der Waals surface area contributed by atoms with Crippen molar-refractivity contribution in [3.63, 3.8) is 0 Å². The molecule has 0 spiro atoms. The Morgan fingerprint density at radius 1 is 1.31 bits per heavy atom. The summed E-state index contributed by atoms with van der Waals surface area (Å²) in [7, 11) is -0.233. The van der Waals surface area contributed by atoms with Gasteiger partial charge in [-0.2, -0.15) is 0 Å². The van der Waals surface area contributed by atoms with Crippen LogP contribution >= 0.6 is 0 Å². The molecule has 1 unspecified atom stereocenters. The van der Waals surface area contributed by atoms with Crippen molar-refractivity contribution in [3.05, 3.63) is 0 Å². The van der Waals surface area contributed by atoms with Crippen molar-refractivity contribution in [2.45, 2.75) is 18.9 Å². The van der Waals surface area contributed by atoms with Crippen LogP contribution in [0.1, 0.15) is 12.8 Å². The standard InChI is InChI=1S/C9H21NO5S/c1-14-6-3-7-16(12,13)10-5-4-9(11)8-15-2/h9-11H,3-8H2,1-2H3. The molecule has 7 heteroatoms. The largest absolute Gasteiger partial charge is 0.391 e. The lowest BCUT2D eigenvalue weighted by molar-refractivity contribution is 0.0603. The normalized spacial score (nSPS) is 13.9. The second-order valence-electron chi connectivity index (χ2n) is 3.46. The molecule has 98 valence electrons. The maximum absolute atomic E-state index is 11.4. The molecule has 16 heavy (non-hydrogen) atoms. The van der Waals surface area contributed by atoms with E-state index in [1.165, 1.54) is 14.2 Å². The van der Waals surface area contributed by atoms with E-state index in [-0.39, 0.29) is 18.9 Å². The molecule has 0 heterocycles. The number of aliphatic hydroxyl groups excluding tert-OH is 1. The van der Waals surface area contributed by atoms with E-state index in [1.807, 2.05) is 0 Å². The minimum atomic E-state index is -3.25. The van der Waals surface area contributed by atoms with Gasteiger partial charge in [-0.15, -0.1) is 0 Å². The van der Waals surface area contributed by atoms with E-state index in [0.29, 0.717) is 19.4 Å². The Labute approximate surface area is 97.0 Å². The highest BCUT2D eigenvalue weighted by atomic mass is 32.2. The molecule has 0 bridgehead atoms. The number of aliphatic hydroxyl groups is 1. The van der Waals surface area contributed by atoms with Crippen LogP contribution in [0.3, 0.4) is 0 Å². The highest BCUT2D eigenvalue weighted by molar-refractivity contribution is 7.89. The van der Waals surface area contributed by atoms with Crippen LogP contribution in [0, 0.1) is 0 Å². The molecular weight excluding hydrogens is 234 g/mol. The van der Waals surface area contributed by atoms with Gasteiger partial charge in [-0.3, -0.25) is 0 Å². The summed E-state index contributed by atoms with van der Waals surface area (Å²) in [6, 6.07) is 0. The zero-order valence-electron chi connectivity index (χ0n) is 9.81. The van der Waals surface area contributed by atoms with E-state index >= 15 is 0 Å². The first kappa shape index (κ1) is 15.8. The highest BCUT2D eigenvalue weighted by Crippen LogP contribution is 1.94. The van der Waals surface area contributed by atoms with Crippen LogP contribution in [-0.2, 0) is 19.5 Å². The third-order valence-corrected chi connectivity index (χ3v) is 3.39. The van der Waals surface area contributed by atoms with Gasteiger partial charge in [0.15, 0.2) is 0 Å². The molecule has 0 radical (unpaired) electrons. The van der Waals surface area contributed by atoms with Crippen molar-refractivity contribution in [1.82, 2.24) is 4.72 Å². The Hall–Kier alpha value is -0.210. The maximum atomic E-state index is 11.4. The maximum Gasteiger partial charge on any atom is 0.211 e. The van der Waals surface area contributed by atoms with Crippen molar-refractivity contribution in [2.75, 3.05) is 39.7 Å². The third-order valence-electron chi connectivity index (χ3n) is 1.92. The summed E-state index contributed by atoms with van der Waals surface area (Å²) >= 11 is 0. The molecule has 6 nitrogen and oxygen atoms in total. The Kier molecular flexibility index (Phi) is 8.77. The van der Waals surface area contributed by atoms with Crippen molar-refractivity contribution in [3.8, 4) is 0 Å². The molecule has 0 aliphatic heterocycles. The molecule has 0 saturated carbocycles. The fourth-order valence-corrected chi connectivity index (χ4v) is 2.19. The molecule has 0 rings (SSSR count). The Balaban J connectivity index is 3.65. The minimum Gasteiger partial charge on any atom is -0.391 e. The van der Waals surface area contributed by atoms with Crippen LogP contribution in [0.5, 0.6) is 0 Å². The van der Waals surface area contributed by atoms with Crippen molar-refractivity contribution < 1.29 is 23.0 Å². The number of sulfonamides is 1. The first-order valence-electron chi connectivity index (χ1n) is 5.15. The Morgan fingerprint density at radius 3 is 2.56 bits per heavy atom. The van der Waals surface area contributed by atoms with E-state index in [1.54, 1.807) is 0 Å². The molecule has 0 aromatic carbocycles. The lowest BCUT2D eigenvalue weighted by Crippen LogP contribution is -2.30. The third kappa shape index (κ3) is 9.05. The smallest absolute Gasteiger partial charge is 0.211 e. The second-order valence-corrected chi connectivity index (χ2v) is 5.38. The van der Waals surface area contributed by atoms with Gasteiger partial charge < -0.3 is 14.6 Å². The number of nitrogens with one attached hydrogen (secondary N) is 1. The molecule has 0 aliphatic rings. The topological polar surface area (TPSA) is 84.9 Å². The number of ether oxygens (including phenoxy) is 2. The predicted octanol–water partition coefficient (Wildman–Crippen LogP) is -0.660. The van der Waals surface area contributed by atoms with Gasteiger partial charge in [-0.1, -0.05) is 0 Å². The summed E-state index contributed by atoms with van der Waals surface area (Å²) in [5, 5.41) is 9.28. The molecule has 0 fully saturated rings. The summed E-state index contributed by atoms with van der Waals surface area (Å²) in [5.74, 6) is 0.0429. The molecule has 0 aromatic rings. The summed E-state index contributed by atoms with van der Waals surface area (Å²) in [6.07, 6.45) is 0.177. The van der Waals surface area contributed by atoms with Crippen molar-refractivity contribution >= 4 is 10.0 Å². The van der Waals surface area contributed by atoms with Gasteiger partial charge in [-0.25, -0.2) is 13.1 Å². The molecular formula is C9H21NO5S. The van der Waals surface area contributed by atoms with Crippen LogP contribution in [0.25, 0.3) is 0 Å². The number of hydrogen-bond acceptors (Lipinski definition) is 5. The minimum absolute atomic E-state index is 0.0429. The molecule has 0 saturated heterocycles. The zero-order chi connectivity index (χ0) is 12.4. The van der Waals surface area contributed by atoms with E-state index in [0.717, 1.165) is 0 Å². The van der Waals surface area contributed by atoms with Gasteiger partial charge in [0, 0.05) is 27.4 Å². The van der Waals surface area contributed by atoms with E-state index < -0.39 is 16.1 Å². The van der Waals surface area contributed by atoms with Crippen molar-refractivity contribution in [1.29, 1.82) is 0 Å². The highest BCUT2D eigenvalue weighted by Gasteiger charge is 2.10. The molecule has 2 N–H and O–H groups in total. The van der Waals surface area contributed by atoms with Crippen LogP contribution in [0.2, 0.25) is 0 Å². The summed E-state index contributed by atoms with van der Waals surface area (Å²) in [5.41, 5.74) is 0. The van der Waals surface area contributed by atoms with Gasteiger partial charge in [0.05, 0.1) is 18.5 Å². The van der Waals surface area contributed by atoms with Gasteiger partial charge >= 0.3 is 0 Å². The monoisotopic (exact) mass is 255 g/mol. The van der Waals surface area contributed by atoms with Crippen molar-refractivity contribution in [2.24, 2.45) is 0 Å². The lowest BCUT2D eigenvalue weighted by atomic mass is 10.3. The van der Waals surface area contributed by atoms with Crippen LogP contribution in [0.15, 0.2) is 0 Å². The fraction of sp³-hybridized carbons (Fsp3) is 1.00. The van der Waals surface area contributed by atoms with Gasteiger partial charge in [0.1, 0.15) is 0 Å². The van der Waals surface area contributed by atoms with Gasteiger partial charge in [-0.05, 0) is 12.8 Å². The summed E-state index contributed by atoms with van der Waals surface area (Å²) in [4.78, 5) is 0. The lowest BCUT2D eigenvalue weighted by Gasteiger charge is -2.10. The molecule has 1 atom stereocenters. The van der Waals surface area contributed by atoms with Gasteiger partial charge in [0.25, 0.3) is 0 Å². The predicted molar refractivity (Wildman–Crippen MR) is 60.8 cm³/mol. The Bertz CT molecular complexity index is 255. The number of rotatable bonds is 10. The SMILES string of the molecule is COCCCS(=O)(=O)NCCC(O)COC. The molecule has 0 aliphatic carbocycles. The van der Waals surface area contributed by atoms with Gasteiger partial charge in [0.2, 0.25) is 10.0 Å². The fourth-order valence-electron chi connectivity index (χ4n) is 1.12. The average molecular weight is 255 g/mol. The quantitative estimate of drug-likeness (QED) is 0.506.